The lowest BCUT2D eigenvalue weighted by Gasteiger charge is -2.03. The van der Waals surface area contributed by atoms with Crippen molar-refractivity contribution in [3.05, 3.63) is 0 Å². The molecule has 0 radical (unpaired) electrons. The predicted octanol–water partition coefficient (Wildman–Crippen LogP) is 2.48. The second-order valence-corrected chi connectivity index (χ2v) is 3.13. The lowest BCUT2D eigenvalue weighted by atomic mass is 10.3. The fourth-order valence-corrected chi connectivity index (χ4v) is 0.566. The Balaban J connectivity index is 3.84. The van der Waals surface area contributed by atoms with Crippen molar-refractivity contribution in [1.82, 2.24) is 0 Å². The molecule has 0 bridgehead atoms. The van der Waals surface area contributed by atoms with Gasteiger partial charge in [0.2, 0.25) is 0 Å². The first-order valence-corrected chi connectivity index (χ1v) is 3.66. The third kappa shape index (κ3) is 4.46. The van der Waals surface area contributed by atoms with Gasteiger partial charge in [-0.15, -0.1) is 11.6 Å². The van der Waals surface area contributed by atoms with Gasteiger partial charge in [-0.3, -0.25) is 4.99 Å². The van der Waals surface area contributed by atoms with Crippen LogP contribution in [0, 0.1) is 0 Å². The van der Waals surface area contributed by atoms with Crippen molar-refractivity contribution in [3.63, 3.8) is 0 Å². The zero-order chi connectivity index (χ0) is 7.44. The number of hydrogen-bond acceptors (Lipinski definition) is 1. The van der Waals surface area contributed by atoms with Crippen LogP contribution in [0.25, 0.3) is 0 Å². The van der Waals surface area contributed by atoms with E-state index in [-0.39, 0.29) is 5.38 Å². The third-order valence-corrected chi connectivity index (χ3v) is 1.35. The fraction of sp³-hybridized carbons (Fsp3) is 0.857. The van der Waals surface area contributed by atoms with Crippen molar-refractivity contribution < 1.29 is 0 Å². The first-order valence-electron chi connectivity index (χ1n) is 3.22. The highest BCUT2D eigenvalue weighted by molar-refractivity contribution is 6.31. The standard InChI is InChI=1S/C7H14ClN/c1-5(2)9-7(4)6(3)8/h5-6H,1-4H3. The minimum absolute atomic E-state index is 0.0763. The Bertz CT molecular complexity index is 105. The van der Waals surface area contributed by atoms with Crippen LogP contribution in [0.3, 0.4) is 0 Å². The highest BCUT2D eigenvalue weighted by Crippen LogP contribution is 1.99. The maximum absolute atomic E-state index is 5.74. The molecular weight excluding hydrogens is 134 g/mol. The van der Waals surface area contributed by atoms with Gasteiger partial charge in [-0.1, -0.05) is 0 Å². The van der Waals surface area contributed by atoms with E-state index in [0.717, 1.165) is 5.71 Å². The van der Waals surface area contributed by atoms with E-state index in [2.05, 4.69) is 4.99 Å². The minimum Gasteiger partial charge on any atom is -0.290 e. The van der Waals surface area contributed by atoms with Gasteiger partial charge in [0.15, 0.2) is 0 Å². The van der Waals surface area contributed by atoms with Crippen LogP contribution in [0.1, 0.15) is 27.7 Å². The molecule has 0 amide bonds. The van der Waals surface area contributed by atoms with Crippen molar-refractivity contribution >= 4 is 17.3 Å². The number of rotatable bonds is 2. The molecule has 2 heteroatoms. The molecule has 54 valence electrons. The molecule has 1 unspecified atom stereocenters. The molecule has 0 aromatic carbocycles. The highest BCUT2D eigenvalue weighted by Gasteiger charge is 1.99. The summed E-state index contributed by atoms with van der Waals surface area (Å²) in [6, 6.07) is 0.367. The Labute approximate surface area is 62.1 Å². The molecule has 0 fully saturated rings. The van der Waals surface area contributed by atoms with E-state index < -0.39 is 0 Å². The van der Waals surface area contributed by atoms with E-state index in [1.165, 1.54) is 0 Å². The van der Waals surface area contributed by atoms with E-state index in [1.54, 1.807) is 0 Å². The van der Waals surface area contributed by atoms with Crippen LogP contribution in [0.2, 0.25) is 0 Å². The molecule has 0 aromatic heterocycles. The van der Waals surface area contributed by atoms with E-state index in [9.17, 15) is 0 Å². The molecular formula is C7H14ClN. The SMILES string of the molecule is CC(=NC(C)C)C(C)Cl. The summed E-state index contributed by atoms with van der Waals surface area (Å²) in [6.45, 7) is 7.98. The normalized spacial score (nSPS) is 16.4. The van der Waals surface area contributed by atoms with Crippen LogP contribution in [0.5, 0.6) is 0 Å². The maximum atomic E-state index is 5.74. The molecule has 0 aliphatic carbocycles. The Morgan fingerprint density at radius 3 is 1.89 bits per heavy atom. The van der Waals surface area contributed by atoms with Crippen molar-refractivity contribution in [2.24, 2.45) is 4.99 Å². The number of nitrogens with zero attached hydrogens (tertiary/aromatic N) is 1. The molecule has 0 aliphatic heterocycles. The fourth-order valence-electron chi connectivity index (χ4n) is 0.510. The van der Waals surface area contributed by atoms with Crippen LogP contribution < -0.4 is 0 Å². The van der Waals surface area contributed by atoms with E-state index in [1.807, 2.05) is 27.7 Å². The van der Waals surface area contributed by atoms with Gasteiger partial charge in [0.05, 0.1) is 5.38 Å². The second kappa shape index (κ2) is 3.89. The van der Waals surface area contributed by atoms with Crippen LogP contribution in [-0.4, -0.2) is 17.1 Å². The Morgan fingerprint density at radius 2 is 1.78 bits per heavy atom. The Kier molecular flexibility index (Phi) is 3.87. The van der Waals surface area contributed by atoms with Crippen molar-refractivity contribution in [1.29, 1.82) is 0 Å². The Hall–Kier alpha value is -0.0400. The summed E-state index contributed by atoms with van der Waals surface area (Å²) in [5.41, 5.74) is 1.02. The van der Waals surface area contributed by atoms with Crippen LogP contribution in [0.15, 0.2) is 4.99 Å². The molecule has 0 heterocycles. The highest BCUT2D eigenvalue weighted by atomic mass is 35.5. The van der Waals surface area contributed by atoms with E-state index in [4.69, 9.17) is 11.6 Å². The smallest absolute Gasteiger partial charge is 0.0683 e. The van der Waals surface area contributed by atoms with Gasteiger partial charge in [0.25, 0.3) is 0 Å². The molecule has 9 heavy (non-hydrogen) atoms. The molecule has 0 saturated heterocycles. The van der Waals surface area contributed by atoms with Crippen LogP contribution >= 0.6 is 11.6 Å². The van der Waals surface area contributed by atoms with Gasteiger partial charge in [-0.25, -0.2) is 0 Å². The van der Waals surface area contributed by atoms with Crippen molar-refractivity contribution in [3.8, 4) is 0 Å². The molecule has 1 nitrogen and oxygen atoms in total. The maximum Gasteiger partial charge on any atom is 0.0683 e. The quantitative estimate of drug-likeness (QED) is 0.421. The molecule has 0 spiro atoms. The lowest BCUT2D eigenvalue weighted by molar-refractivity contribution is 0.830. The van der Waals surface area contributed by atoms with Gasteiger partial charge in [-0.2, -0.15) is 0 Å². The first kappa shape index (κ1) is 8.96. The summed E-state index contributed by atoms with van der Waals surface area (Å²) in [7, 11) is 0. The summed E-state index contributed by atoms with van der Waals surface area (Å²) < 4.78 is 0. The molecule has 0 rings (SSSR count). The van der Waals surface area contributed by atoms with Gasteiger partial charge in [0, 0.05) is 11.8 Å². The van der Waals surface area contributed by atoms with Gasteiger partial charge >= 0.3 is 0 Å². The first-order chi connectivity index (χ1) is 4.04. The van der Waals surface area contributed by atoms with Crippen LogP contribution in [0.4, 0.5) is 0 Å². The van der Waals surface area contributed by atoms with Gasteiger partial charge in [-0.05, 0) is 27.7 Å². The monoisotopic (exact) mass is 147 g/mol. The Morgan fingerprint density at radius 1 is 1.33 bits per heavy atom. The second-order valence-electron chi connectivity index (χ2n) is 2.48. The molecule has 0 aromatic rings. The zero-order valence-electron chi connectivity index (χ0n) is 6.48. The summed E-state index contributed by atoms with van der Waals surface area (Å²) in [6.07, 6.45) is 0. The largest absolute Gasteiger partial charge is 0.290 e. The molecule has 0 aliphatic rings. The predicted molar refractivity (Wildman–Crippen MR) is 43.6 cm³/mol. The zero-order valence-corrected chi connectivity index (χ0v) is 7.24. The van der Waals surface area contributed by atoms with Crippen molar-refractivity contribution in [2.75, 3.05) is 0 Å². The summed E-state index contributed by atoms with van der Waals surface area (Å²) >= 11 is 5.74. The average molecular weight is 148 g/mol. The van der Waals surface area contributed by atoms with Crippen molar-refractivity contribution in [2.45, 2.75) is 39.1 Å². The minimum atomic E-state index is 0.0763. The van der Waals surface area contributed by atoms with E-state index in [0.29, 0.717) is 6.04 Å². The molecule has 0 N–H and O–H groups in total. The summed E-state index contributed by atoms with van der Waals surface area (Å²) in [5, 5.41) is 0.0763. The number of halogens is 1. The van der Waals surface area contributed by atoms with Gasteiger partial charge < -0.3 is 0 Å². The third-order valence-electron chi connectivity index (χ3n) is 1.04. The van der Waals surface area contributed by atoms with E-state index >= 15 is 0 Å². The summed E-state index contributed by atoms with van der Waals surface area (Å²) in [4.78, 5) is 4.26. The lowest BCUT2D eigenvalue weighted by Crippen LogP contribution is -2.08. The number of alkyl halides is 1. The van der Waals surface area contributed by atoms with Crippen LogP contribution in [-0.2, 0) is 0 Å². The number of aliphatic imine (C=N–C) groups is 1. The topological polar surface area (TPSA) is 12.4 Å². The molecule has 1 atom stereocenters. The molecule has 0 saturated carbocycles. The van der Waals surface area contributed by atoms with Gasteiger partial charge in [0.1, 0.15) is 0 Å². The summed E-state index contributed by atoms with van der Waals surface area (Å²) in [5.74, 6) is 0. The average Bonchev–Trinajstić information content (AvgIpc) is 1.63. The number of hydrogen-bond donors (Lipinski definition) is 0.